The zero-order chi connectivity index (χ0) is 37.0. The molecule has 0 N–H and O–H groups in total. The number of fused-ring (bicyclic) bond motifs is 5. The van der Waals surface area contributed by atoms with Crippen molar-refractivity contribution in [1.29, 1.82) is 0 Å². The summed E-state index contributed by atoms with van der Waals surface area (Å²) in [6.07, 6.45) is 3.89. The normalized spacial score (nSPS) is 11.3. The Kier molecular flexibility index (Phi) is 9.42. The fourth-order valence-electron chi connectivity index (χ4n) is 8.01. The highest BCUT2D eigenvalue weighted by Gasteiger charge is 2.17. The van der Waals surface area contributed by atoms with Gasteiger partial charge in [0, 0.05) is 46.6 Å². The third-order valence-corrected chi connectivity index (χ3v) is 10.7. The van der Waals surface area contributed by atoms with Gasteiger partial charge in [-0.05, 0) is 106 Å². The third-order valence-electron chi connectivity index (χ3n) is 10.7. The molecule has 1 aromatic heterocycles. The van der Waals surface area contributed by atoms with Crippen molar-refractivity contribution < 1.29 is 4.42 Å². The maximum atomic E-state index is 6.41. The lowest BCUT2D eigenvalue weighted by molar-refractivity contribution is 0.669. The molecule has 9 aromatic rings. The first kappa shape index (κ1) is 34.0. The number of hydrogen-bond acceptors (Lipinski definition) is 3. The molecule has 1 heterocycles. The van der Waals surface area contributed by atoms with Crippen molar-refractivity contribution in [3.05, 3.63) is 206 Å². The fraction of sp³-hybridized carbons (Fsp3) is 0.0769. The number of anilines is 4. The molecule has 0 unspecified atom stereocenters. The quantitative estimate of drug-likeness (QED) is 0.118. The van der Waals surface area contributed by atoms with E-state index in [0.29, 0.717) is 0 Å². The second kappa shape index (κ2) is 15.3. The van der Waals surface area contributed by atoms with Crippen LogP contribution in [0.4, 0.5) is 22.7 Å². The molecule has 0 aliphatic rings. The SMILES string of the molecule is C=CCN(c1ccccc1)c1ccccc1CCCN(c1ccc(-c2ccccc2)cc1)c1ccc(-c2cc3oc4ccccc4c3c3ccccc23)cc1. The maximum Gasteiger partial charge on any atom is 0.136 e. The van der Waals surface area contributed by atoms with E-state index in [4.69, 9.17) is 4.42 Å². The van der Waals surface area contributed by atoms with Crippen LogP contribution in [0.1, 0.15) is 12.0 Å². The minimum atomic E-state index is 0.742. The molecule has 0 aliphatic heterocycles. The zero-order valence-corrected chi connectivity index (χ0v) is 30.8. The van der Waals surface area contributed by atoms with Crippen LogP contribution in [0.5, 0.6) is 0 Å². The number of furan rings is 1. The van der Waals surface area contributed by atoms with Crippen LogP contribution >= 0.6 is 0 Å². The van der Waals surface area contributed by atoms with Crippen molar-refractivity contribution in [3.8, 4) is 22.3 Å². The van der Waals surface area contributed by atoms with E-state index in [9.17, 15) is 0 Å². The second-order valence-corrected chi connectivity index (χ2v) is 14.0. The summed E-state index contributed by atoms with van der Waals surface area (Å²) in [5, 5.41) is 4.76. The van der Waals surface area contributed by atoms with E-state index in [1.165, 1.54) is 61.0 Å². The molecule has 55 heavy (non-hydrogen) atoms. The summed E-state index contributed by atoms with van der Waals surface area (Å²) in [6.45, 7) is 5.67. The first-order valence-corrected chi connectivity index (χ1v) is 19.1. The molecule has 3 heteroatoms. The number of rotatable bonds is 12. The highest BCUT2D eigenvalue weighted by Crippen LogP contribution is 2.41. The lowest BCUT2D eigenvalue weighted by Crippen LogP contribution is -2.20. The fourth-order valence-corrected chi connectivity index (χ4v) is 8.01. The zero-order valence-electron chi connectivity index (χ0n) is 30.8. The summed E-state index contributed by atoms with van der Waals surface area (Å²) in [4.78, 5) is 4.81. The molecular weight excluding hydrogens is 669 g/mol. The van der Waals surface area contributed by atoms with Crippen LogP contribution in [0, 0.1) is 0 Å². The lowest BCUT2D eigenvalue weighted by atomic mass is 9.95. The number of nitrogens with zero attached hydrogens (tertiary/aromatic N) is 2. The summed E-state index contributed by atoms with van der Waals surface area (Å²) in [7, 11) is 0. The van der Waals surface area contributed by atoms with E-state index in [0.717, 1.165) is 48.2 Å². The highest BCUT2D eigenvalue weighted by molar-refractivity contribution is 6.22. The summed E-state index contributed by atoms with van der Waals surface area (Å²) in [5.74, 6) is 0. The molecule has 0 amide bonds. The molecule has 266 valence electrons. The van der Waals surface area contributed by atoms with E-state index in [1.54, 1.807) is 0 Å². The van der Waals surface area contributed by atoms with Crippen molar-refractivity contribution in [2.24, 2.45) is 0 Å². The Hall–Kier alpha value is -6.84. The molecule has 0 aliphatic carbocycles. The number of aryl methyl sites for hydroxylation is 1. The molecule has 0 spiro atoms. The Bertz CT molecular complexity index is 2710. The van der Waals surface area contributed by atoms with Gasteiger partial charge in [0.15, 0.2) is 0 Å². The standard InChI is InChI=1S/C52H42N2O/c1-2-35-54(42-20-7-4-8-21-42)49-25-13-9-18-41(49)19-15-36-53(43-31-27-39(28-32-43)38-16-5-3-6-17-38)44-33-29-40(30-34-44)48-37-51-52(46-23-11-10-22-45(46)48)47-24-12-14-26-50(47)55-51/h2-14,16-18,20-34,37H,1,15,19,35-36H2. The molecule has 8 aromatic carbocycles. The molecule has 3 nitrogen and oxygen atoms in total. The van der Waals surface area contributed by atoms with Gasteiger partial charge < -0.3 is 14.2 Å². The third kappa shape index (κ3) is 6.77. The van der Waals surface area contributed by atoms with Gasteiger partial charge in [-0.25, -0.2) is 0 Å². The van der Waals surface area contributed by atoms with E-state index < -0.39 is 0 Å². The van der Waals surface area contributed by atoms with Crippen LogP contribution in [0.3, 0.4) is 0 Å². The van der Waals surface area contributed by atoms with Crippen molar-refractivity contribution in [3.63, 3.8) is 0 Å². The predicted octanol–water partition coefficient (Wildman–Crippen LogP) is 14.2. The van der Waals surface area contributed by atoms with Crippen LogP contribution in [0.2, 0.25) is 0 Å². The topological polar surface area (TPSA) is 19.6 Å². The van der Waals surface area contributed by atoms with Crippen LogP contribution < -0.4 is 9.80 Å². The first-order valence-electron chi connectivity index (χ1n) is 19.1. The van der Waals surface area contributed by atoms with E-state index in [-0.39, 0.29) is 0 Å². The average Bonchev–Trinajstić information content (AvgIpc) is 3.64. The Balaban J connectivity index is 1.05. The van der Waals surface area contributed by atoms with Gasteiger partial charge in [0.25, 0.3) is 0 Å². The summed E-state index contributed by atoms with van der Waals surface area (Å²) < 4.78 is 6.41. The smallest absolute Gasteiger partial charge is 0.136 e. The van der Waals surface area contributed by atoms with Gasteiger partial charge in [0.05, 0.1) is 0 Å². The van der Waals surface area contributed by atoms with Crippen molar-refractivity contribution in [1.82, 2.24) is 0 Å². The van der Waals surface area contributed by atoms with E-state index in [1.807, 2.05) is 12.1 Å². The number of benzene rings is 8. The Morgan fingerprint density at radius 3 is 1.76 bits per heavy atom. The molecule has 0 atom stereocenters. The summed E-state index contributed by atoms with van der Waals surface area (Å²) >= 11 is 0. The van der Waals surface area contributed by atoms with Crippen LogP contribution in [-0.2, 0) is 6.42 Å². The van der Waals surface area contributed by atoms with Crippen LogP contribution in [0.15, 0.2) is 205 Å². The van der Waals surface area contributed by atoms with Crippen molar-refractivity contribution in [2.75, 3.05) is 22.9 Å². The minimum absolute atomic E-state index is 0.742. The van der Waals surface area contributed by atoms with Gasteiger partial charge >= 0.3 is 0 Å². The highest BCUT2D eigenvalue weighted by atomic mass is 16.3. The van der Waals surface area contributed by atoms with Gasteiger partial charge in [-0.3, -0.25) is 0 Å². The Morgan fingerprint density at radius 2 is 1.04 bits per heavy atom. The number of para-hydroxylation sites is 3. The minimum Gasteiger partial charge on any atom is -0.456 e. The lowest BCUT2D eigenvalue weighted by Gasteiger charge is -2.28. The molecule has 0 saturated carbocycles. The predicted molar refractivity (Wildman–Crippen MR) is 234 cm³/mol. The molecule has 9 rings (SSSR count). The molecule has 0 fully saturated rings. The maximum absolute atomic E-state index is 6.41. The monoisotopic (exact) mass is 710 g/mol. The van der Waals surface area contributed by atoms with Gasteiger partial charge in [-0.1, -0.05) is 140 Å². The van der Waals surface area contributed by atoms with Gasteiger partial charge in [0.2, 0.25) is 0 Å². The van der Waals surface area contributed by atoms with Crippen molar-refractivity contribution in [2.45, 2.75) is 12.8 Å². The van der Waals surface area contributed by atoms with E-state index >= 15 is 0 Å². The summed E-state index contributed by atoms with van der Waals surface area (Å²) in [5.41, 5.74) is 12.7. The largest absolute Gasteiger partial charge is 0.456 e. The van der Waals surface area contributed by atoms with Gasteiger partial charge in [-0.2, -0.15) is 0 Å². The Labute approximate surface area is 323 Å². The molecular formula is C52H42N2O. The van der Waals surface area contributed by atoms with Gasteiger partial charge in [0.1, 0.15) is 11.2 Å². The van der Waals surface area contributed by atoms with Crippen LogP contribution in [-0.4, -0.2) is 13.1 Å². The molecule has 0 radical (unpaired) electrons. The average molecular weight is 711 g/mol. The summed E-state index contributed by atoms with van der Waals surface area (Å²) in [6, 6.07) is 67.3. The first-order chi connectivity index (χ1) is 27.2. The van der Waals surface area contributed by atoms with Crippen LogP contribution in [0.25, 0.3) is 55.0 Å². The van der Waals surface area contributed by atoms with Crippen molar-refractivity contribution >= 4 is 55.5 Å². The van der Waals surface area contributed by atoms with Gasteiger partial charge in [-0.15, -0.1) is 6.58 Å². The number of hydrogen-bond donors (Lipinski definition) is 0. The molecule has 0 saturated heterocycles. The molecule has 0 bridgehead atoms. The van der Waals surface area contributed by atoms with E-state index in [2.05, 4.69) is 198 Å². The second-order valence-electron chi connectivity index (χ2n) is 14.0. The Morgan fingerprint density at radius 1 is 0.473 bits per heavy atom.